The van der Waals surface area contributed by atoms with Crippen molar-refractivity contribution < 1.29 is 9.59 Å². The minimum Gasteiger partial charge on any atom is -0.352 e. The molecule has 0 saturated carbocycles. The van der Waals surface area contributed by atoms with E-state index in [0.717, 1.165) is 35.5 Å². The molecule has 0 fully saturated rings. The SMILES string of the molecule is O=C(CCCCCNC(=O)c1ccccc1)NCc1csc(-c2ccncc2)n1. The van der Waals surface area contributed by atoms with E-state index in [-0.39, 0.29) is 11.8 Å². The summed E-state index contributed by atoms with van der Waals surface area (Å²) >= 11 is 1.56. The van der Waals surface area contributed by atoms with E-state index in [9.17, 15) is 9.59 Å². The van der Waals surface area contributed by atoms with E-state index in [2.05, 4.69) is 20.6 Å². The van der Waals surface area contributed by atoms with Gasteiger partial charge < -0.3 is 10.6 Å². The summed E-state index contributed by atoms with van der Waals surface area (Å²) < 4.78 is 0. The predicted octanol–water partition coefficient (Wildman–Crippen LogP) is 3.81. The third kappa shape index (κ3) is 6.80. The molecule has 0 spiro atoms. The van der Waals surface area contributed by atoms with Crippen molar-refractivity contribution in [2.75, 3.05) is 6.54 Å². The van der Waals surface area contributed by atoms with Gasteiger partial charge in [-0.25, -0.2) is 4.98 Å². The average Bonchev–Trinajstić information content (AvgIpc) is 3.25. The Bertz CT molecular complexity index is 913. The highest BCUT2D eigenvalue weighted by Crippen LogP contribution is 2.22. The van der Waals surface area contributed by atoms with Gasteiger partial charge in [-0.1, -0.05) is 24.6 Å². The van der Waals surface area contributed by atoms with Crippen molar-refractivity contribution in [3.05, 3.63) is 71.5 Å². The zero-order valence-electron chi connectivity index (χ0n) is 16.1. The fourth-order valence-corrected chi connectivity index (χ4v) is 3.60. The Morgan fingerprint density at radius 2 is 1.72 bits per heavy atom. The minimum atomic E-state index is -0.0576. The molecule has 6 nitrogen and oxygen atoms in total. The maximum Gasteiger partial charge on any atom is 0.251 e. The Morgan fingerprint density at radius 3 is 2.52 bits per heavy atom. The van der Waals surface area contributed by atoms with E-state index in [1.165, 1.54) is 0 Å². The van der Waals surface area contributed by atoms with Gasteiger partial charge >= 0.3 is 0 Å². The van der Waals surface area contributed by atoms with Gasteiger partial charge in [0.15, 0.2) is 0 Å². The van der Waals surface area contributed by atoms with E-state index >= 15 is 0 Å². The molecule has 0 aliphatic rings. The summed E-state index contributed by atoms with van der Waals surface area (Å²) in [5.41, 5.74) is 2.56. The average molecular weight is 409 g/mol. The highest BCUT2D eigenvalue weighted by molar-refractivity contribution is 7.13. The van der Waals surface area contributed by atoms with Crippen molar-refractivity contribution in [2.45, 2.75) is 32.2 Å². The zero-order valence-corrected chi connectivity index (χ0v) is 17.0. The highest BCUT2D eigenvalue weighted by Gasteiger charge is 2.07. The van der Waals surface area contributed by atoms with Crippen molar-refractivity contribution in [1.82, 2.24) is 20.6 Å². The second-order valence-electron chi connectivity index (χ2n) is 6.59. The number of carbonyl (C=O) groups is 2. The second kappa shape index (κ2) is 11.1. The van der Waals surface area contributed by atoms with E-state index in [0.29, 0.717) is 25.1 Å². The number of hydrogen-bond donors (Lipinski definition) is 2. The Kier molecular flexibility index (Phi) is 7.89. The summed E-state index contributed by atoms with van der Waals surface area (Å²) in [5, 5.41) is 8.71. The summed E-state index contributed by atoms with van der Waals surface area (Å²) in [7, 11) is 0. The molecule has 0 saturated heterocycles. The molecule has 2 aromatic heterocycles. The lowest BCUT2D eigenvalue weighted by Crippen LogP contribution is -2.24. The van der Waals surface area contributed by atoms with Gasteiger partial charge in [0, 0.05) is 41.9 Å². The van der Waals surface area contributed by atoms with E-state index < -0.39 is 0 Å². The van der Waals surface area contributed by atoms with Crippen molar-refractivity contribution in [2.24, 2.45) is 0 Å². The van der Waals surface area contributed by atoms with Crippen LogP contribution in [-0.2, 0) is 11.3 Å². The number of nitrogens with one attached hydrogen (secondary N) is 2. The van der Waals surface area contributed by atoms with Gasteiger partial charge in [-0.05, 0) is 37.1 Å². The maximum atomic E-state index is 12.0. The smallest absolute Gasteiger partial charge is 0.251 e. The van der Waals surface area contributed by atoms with Crippen LogP contribution in [0.2, 0.25) is 0 Å². The Morgan fingerprint density at radius 1 is 0.931 bits per heavy atom. The largest absolute Gasteiger partial charge is 0.352 e. The van der Waals surface area contributed by atoms with Crippen LogP contribution in [0.3, 0.4) is 0 Å². The van der Waals surface area contributed by atoms with Crippen LogP contribution in [0.5, 0.6) is 0 Å². The number of nitrogens with zero attached hydrogens (tertiary/aromatic N) is 2. The molecule has 0 aliphatic heterocycles. The fraction of sp³-hybridized carbons (Fsp3) is 0.273. The number of hydrogen-bond acceptors (Lipinski definition) is 5. The molecule has 2 N–H and O–H groups in total. The molecule has 0 atom stereocenters. The van der Waals surface area contributed by atoms with Gasteiger partial charge in [-0.15, -0.1) is 11.3 Å². The lowest BCUT2D eigenvalue weighted by Gasteiger charge is -2.06. The summed E-state index contributed by atoms with van der Waals surface area (Å²) in [6, 6.07) is 13.0. The number of amides is 2. The monoisotopic (exact) mass is 408 g/mol. The molecule has 0 unspecified atom stereocenters. The summed E-state index contributed by atoms with van der Waals surface area (Å²) in [4.78, 5) is 32.5. The topological polar surface area (TPSA) is 84.0 Å². The first-order valence-corrected chi connectivity index (χ1v) is 10.5. The first-order chi connectivity index (χ1) is 14.2. The van der Waals surface area contributed by atoms with Crippen LogP contribution in [0.4, 0.5) is 0 Å². The number of benzene rings is 1. The molecule has 0 aliphatic carbocycles. The van der Waals surface area contributed by atoms with Gasteiger partial charge in [0.05, 0.1) is 12.2 Å². The molecule has 150 valence electrons. The van der Waals surface area contributed by atoms with E-state index in [1.807, 2.05) is 35.7 Å². The molecule has 0 radical (unpaired) electrons. The van der Waals surface area contributed by atoms with Gasteiger partial charge in [-0.3, -0.25) is 14.6 Å². The molecule has 3 rings (SSSR count). The number of aromatic nitrogens is 2. The lowest BCUT2D eigenvalue weighted by atomic mass is 10.1. The van der Waals surface area contributed by atoms with Crippen molar-refractivity contribution in [1.29, 1.82) is 0 Å². The van der Waals surface area contributed by atoms with Gasteiger partial charge in [0.2, 0.25) is 5.91 Å². The van der Waals surface area contributed by atoms with Crippen LogP contribution >= 0.6 is 11.3 Å². The van der Waals surface area contributed by atoms with Crippen LogP contribution in [-0.4, -0.2) is 28.3 Å². The predicted molar refractivity (Wildman–Crippen MR) is 114 cm³/mol. The Balaban J connectivity index is 1.27. The maximum absolute atomic E-state index is 12.0. The minimum absolute atomic E-state index is 0.0248. The Hall–Kier alpha value is -3.06. The first-order valence-electron chi connectivity index (χ1n) is 9.67. The van der Waals surface area contributed by atoms with Crippen molar-refractivity contribution in [3.63, 3.8) is 0 Å². The summed E-state index contributed by atoms with van der Waals surface area (Å²) in [5.74, 6) is -0.0328. The van der Waals surface area contributed by atoms with Gasteiger partial charge in [0.1, 0.15) is 5.01 Å². The van der Waals surface area contributed by atoms with E-state index in [4.69, 9.17) is 0 Å². The fourth-order valence-electron chi connectivity index (χ4n) is 2.77. The second-order valence-corrected chi connectivity index (χ2v) is 7.45. The Labute approximate surface area is 174 Å². The number of carbonyl (C=O) groups excluding carboxylic acids is 2. The van der Waals surface area contributed by atoms with Crippen molar-refractivity contribution in [3.8, 4) is 10.6 Å². The molecular weight excluding hydrogens is 384 g/mol. The number of unbranched alkanes of at least 4 members (excludes halogenated alkanes) is 2. The summed E-state index contributed by atoms with van der Waals surface area (Å²) in [6.45, 7) is 1.06. The first kappa shape index (κ1) is 20.7. The summed E-state index contributed by atoms with van der Waals surface area (Å²) in [6.07, 6.45) is 6.51. The molecule has 1 aromatic carbocycles. The van der Waals surface area contributed by atoms with Crippen LogP contribution in [0.15, 0.2) is 60.2 Å². The lowest BCUT2D eigenvalue weighted by molar-refractivity contribution is -0.121. The number of pyridine rings is 1. The third-order valence-corrected chi connectivity index (χ3v) is 5.29. The van der Waals surface area contributed by atoms with Crippen LogP contribution in [0.1, 0.15) is 41.7 Å². The standard InChI is InChI=1S/C22H24N4O2S/c27-20(9-5-2-6-12-24-21(28)17-7-3-1-4-8-17)25-15-19-16-29-22(26-19)18-10-13-23-14-11-18/h1,3-4,7-8,10-11,13-14,16H,2,5-6,9,12,15H2,(H,24,28)(H,25,27). The van der Waals surface area contributed by atoms with Crippen LogP contribution in [0.25, 0.3) is 10.6 Å². The highest BCUT2D eigenvalue weighted by atomic mass is 32.1. The van der Waals surface area contributed by atoms with E-state index in [1.54, 1.807) is 35.9 Å². The molecule has 2 heterocycles. The molecular formula is C22H24N4O2S. The zero-order chi connectivity index (χ0) is 20.3. The van der Waals surface area contributed by atoms with Crippen LogP contribution in [0, 0.1) is 0 Å². The van der Waals surface area contributed by atoms with Gasteiger partial charge in [-0.2, -0.15) is 0 Å². The number of thiazole rings is 1. The normalized spacial score (nSPS) is 10.5. The molecule has 0 bridgehead atoms. The molecule has 7 heteroatoms. The molecule has 2 amide bonds. The molecule has 29 heavy (non-hydrogen) atoms. The third-order valence-electron chi connectivity index (χ3n) is 4.35. The molecule has 3 aromatic rings. The quantitative estimate of drug-likeness (QED) is 0.500. The number of rotatable bonds is 10. The van der Waals surface area contributed by atoms with Gasteiger partial charge in [0.25, 0.3) is 5.91 Å². The van der Waals surface area contributed by atoms with Crippen molar-refractivity contribution >= 4 is 23.2 Å². The van der Waals surface area contributed by atoms with Crippen LogP contribution < -0.4 is 10.6 Å².